The van der Waals surface area contributed by atoms with E-state index < -0.39 is 0 Å². The van der Waals surface area contributed by atoms with E-state index in [2.05, 4.69) is 19.2 Å². The lowest BCUT2D eigenvalue weighted by atomic mass is 9.75. The van der Waals surface area contributed by atoms with Crippen LogP contribution in [0.4, 0.5) is 0 Å². The Morgan fingerprint density at radius 1 is 1.11 bits per heavy atom. The van der Waals surface area contributed by atoms with Crippen molar-refractivity contribution < 1.29 is 4.74 Å². The highest BCUT2D eigenvalue weighted by atomic mass is 16.5. The maximum absolute atomic E-state index is 5.76. The van der Waals surface area contributed by atoms with Crippen molar-refractivity contribution in [3.63, 3.8) is 0 Å². The highest BCUT2D eigenvalue weighted by Gasteiger charge is 2.38. The first-order chi connectivity index (χ1) is 8.76. The molecule has 0 amide bonds. The van der Waals surface area contributed by atoms with E-state index in [1.807, 2.05) is 7.11 Å². The van der Waals surface area contributed by atoms with Crippen molar-refractivity contribution in [3.8, 4) is 0 Å². The summed E-state index contributed by atoms with van der Waals surface area (Å²) in [7, 11) is 1.89. The van der Waals surface area contributed by atoms with Gasteiger partial charge in [-0.1, -0.05) is 46.0 Å². The number of methoxy groups -OCH3 is 1. The molecule has 0 bridgehead atoms. The molecule has 0 radical (unpaired) electrons. The van der Waals surface area contributed by atoms with E-state index in [0.29, 0.717) is 6.04 Å². The number of hydrogen-bond donors (Lipinski definition) is 1. The molecule has 0 heterocycles. The number of hydrogen-bond acceptors (Lipinski definition) is 2. The van der Waals surface area contributed by atoms with Crippen LogP contribution in [-0.4, -0.2) is 25.3 Å². The third kappa shape index (κ3) is 5.27. The van der Waals surface area contributed by atoms with Gasteiger partial charge in [-0.2, -0.15) is 0 Å². The Bertz CT molecular complexity index is 196. The molecule has 1 rings (SSSR count). The predicted octanol–water partition coefficient (Wildman–Crippen LogP) is 4.28. The number of unbranched alkanes of at least 4 members (excludes halogenated alkanes) is 4. The van der Waals surface area contributed by atoms with Crippen LogP contribution in [0.15, 0.2) is 0 Å². The molecule has 2 nitrogen and oxygen atoms in total. The minimum atomic E-state index is 0.219. The van der Waals surface area contributed by atoms with Crippen LogP contribution in [0.1, 0.15) is 78.1 Å². The zero-order valence-corrected chi connectivity index (χ0v) is 12.8. The van der Waals surface area contributed by atoms with E-state index in [4.69, 9.17) is 4.74 Å². The maximum Gasteiger partial charge on any atom is 0.0693 e. The molecular formula is C16H33NO. The molecule has 0 saturated heterocycles. The fourth-order valence-corrected chi connectivity index (χ4v) is 3.07. The van der Waals surface area contributed by atoms with E-state index in [1.54, 1.807) is 0 Å². The van der Waals surface area contributed by atoms with Crippen molar-refractivity contribution in [1.29, 1.82) is 0 Å². The standard InChI is InChI=1S/C16H33NO/c1-4-6-7-8-9-11-15(17-5-2)14-16(18-3)12-10-13-16/h15,17H,4-14H2,1-3H3. The van der Waals surface area contributed by atoms with Crippen LogP contribution in [0, 0.1) is 0 Å². The number of rotatable bonds is 11. The van der Waals surface area contributed by atoms with Gasteiger partial charge in [-0.25, -0.2) is 0 Å². The largest absolute Gasteiger partial charge is 0.378 e. The summed E-state index contributed by atoms with van der Waals surface area (Å²) in [5.41, 5.74) is 0.219. The zero-order chi connectivity index (χ0) is 13.3. The zero-order valence-electron chi connectivity index (χ0n) is 12.8. The number of nitrogens with one attached hydrogen (secondary N) is 1. The quantitative estimate of drug-likeness (QED) is 0.556. The fraction of sp³-hybridized carbons (Fsp3) is 1.00. The lowest BCUT2D eigenvalue weighted by Crippen LogP contribution is -2.45. The average molecular weight is 255 g/mol. The summed E-state index contributed by atoms with van der Waals surface area (Å²) < 4.78 is 5.76. The Balaban J connectivity index is 2.21. The molecule has 1 N–H and O–H groups in total. The van der Waals surface area contributed by atoms with Gasteiger partial charge in [-0.15, -0.1) is 0 Å². The molecule has 1 atom stereocenters. The van der Waals surface area contributed by atoms with Crippen molar-refractivity contribution >= 4 is 0 Å². The summed E-state index contributed by atoms with van der Waals surface area (Å²) in [6, 6.07) is 0.664. The fourth-order valence-electron chi connectivity index (χ4n) is 3.07. The molecule has 108 valence electrons. The van der Waals surface area contributed by atoms with Gasteiger partial charge in [0, 0.05) is 13.2 Å². The lowest BCUT2D eigenvalue weighted by molar-refractivity contribution is -0.0839. The van der Waals surface area contributed by atoms with Crippen LogP contribution in [0.3, 0.4) is 0 Å². The molecule has 0 aromatic heterocycles. The van der Waals surface area contributed by atoms with Crippen LogP contribution in [-0.2, 0) is 4.74 Å². The minimum absolute atomic E-state index is 0.219. The van der Waals surface area contributed by atoms with Crippen LogP contribution in [0.25, 0.3) is 0 Å². The van der Waals surface area contributed by atoms with Crippen molar-refractivity contribution in [2.45, 2.75) is 89.7 Å². The van der Waals surface area contributed by atoms with E-state index in [0.717, 1.165) is 6.54 Å². The normalized spacial score (nSPS) is 19.5. The van der Waals surface area contributed by atoms with Gasteiger partial charge in [0.1, 0.15) is 0 Å². The molecular weight excluding hydrogens is 222 g/mol. The summed E-state index contributed by atoms with van der Waals surface area (Å²) in [4.78, 5) is 0. The highest BCUT2D eigenvalue weighted by molar-refractivity contribution is 4.93. The highest BCUT2D eigenvalue weighted by Crippen LogP contribution is 2.39. The summed E-state index contributed by atoms with van der Waals surface area (Å²) >= 11 is 0. The van der Waals surface area contributed by atoms with E-state index in [1.165, 1.54) is 64.2 Å². The van der Waals surface area contributed by atoms with Gasteiger partial charge in [0.15, 0.2) is 0 Å². The van der Waals surface area contributed by atoms with Crippen molar-refractivity contribution in [1.82, 2.24) is 5.32 Å². The molecule has 18 heavy (non-hydrogen) atoms. The van der Waals surface area contributed by atoms with Gasteiger partial charge in [0.25, 0.3) is 0 Å². The Labute approximate surface area is 114 Å². The monoisotopic (exact) mass is 255 g/mol. The maximum atomic E-state index is 5.76. The third-order valence-electron chi connectivity index (χ3n) is 4.47. The SMILES string of the molecule is CCCCCCCC(CC1(OC)CCC1)NCC. The lowest BCUT2D eigenvalue weighted by Gasteiger charge is -2.43. The van der Waals surface area contributed by atoms with E-state index in [9.17, 15) is 0 Å². The molecule has 1 saturated carbocycles. The Morgan fingerprint density at radius 3 is 2.33 bits per heavy atom. The van der Waals surface area contributed by atoms with Crippen molar-refractivity contribution in [3.05, 3.63) is 0 Å². The number of ether oxygens (including phenoxy) is 1. The van der Waals surface area contributed by atoms with Crippen LogP contribution in [0.2, 0.25) is 0 Å². The van der Waals surface area contributed by atoms with E-state index in [-0.39, 0.29) is 5.60 Å². The molecule has 1 aliphatic rings. The second kappa shape index (κ2) is 8.92. The summed E-state index contributed by atoms with van der Waals surface area (Å²) in [5, 5.41) is 3.65. The van der Waals surface area contributed by atoms with Crippen molar-refractivity contribution in [2.24, 2.45) is 0 Å². The molecule has 1 unspecified atom stereocenters. The van der Waals surface area contributed by atoms with Gasteiger partial charge in [-0.3, -0.25) is 0 Å². The molecule has 0 spiro atoms. The first-order valence-corrected chi connectivity index (χ1v) is 8.05. The smallest absolute Gasteiger partial charge is 0.0693 e. The van der Waals surface area contributed by atoms with Crippen LogP contribution >= 0.6 is 0 Å². The first kappa shape index (κ1) is 16.0. The van der Waals surface area contributed by atoms with Gasteiger partial charge >= 0.3 is 0 Å². The first-order valence-electron chi connectivity index (χ1n) is 8.05. The van der Waals surface area contributed by atoms with Gasteiger partial charge in [0.05, 0.1) is 5.60 Å². The molecule has 2 heteroatoms. The topological polar surface area (TPSA) is 21.3 Å². The Morgan fingerprint density at radius 2 is 1.83 bits per heavy atom. The average Bonchev–Trinajstić information content (AvgIpc) is 2.33. The van der Waals surface area contributed by atoms with Gasteiger partial charge in [-0.05, 0) is 38.6 Å². The summed E-state index contributed by atoms with van der Waals surface area (Å²) in [6.07, 6.45) is 13.3. The summed E-state index contributed by atoms with van der Waals surface area (Å²) in [5.74, 6) is 0. The van der Waals surface area contributed by atoms with Crippen LogP contribution < -0.4 is 5.32 Å². The minimum Gasteiger partial charge on any atom is -0.378 e. The third-order valence-corrected chi connectivity index (χ3v) is 4.47. The molecule has 0 aliphatic heterocycles. The second-order valence-electron chi connectivity index (χ2n) is 5.90. The molecule has 1 aliphatic carbocycles. The van der Waals surface area contributed by atoms with Crippen LogP contribution in [0.5, 0.6) is 0 Å². The van der Waals surface area contributed by atoms with Gasteiger partial charge in [0.2, 0.25) is 0 Å². The molecule has 0 aromatic rings. The van der Waals surface area contributed by atoms with Gasteiger partial charge < -0.3 is 10.1 Å². The summed E-state index contributed by atoms with van der Waals surface area (Å²) in [6.45, 7) is 5.57. The second-order valence-corrected chi connectivity index (χ2v) is 5.90. The molecule has 0 aromatic carbocycles. The van der Waals surface area contributed by atoms with Crippen molar-refractivity contribution in [2.75, 3.05) is 13.7 Å². The molecule has 1 fully saturated rings. The predicted molar refractivity (Wildman–Crippen MR) is 79.0 cm³/mol. The Kier molecular flexibility index (Phi) is 7.92. The Hall–Kier alpha value is -0.0800. The van der Waals surface area contributed by atoms with E-state index >= 15 is 0 Å².